The number of imidazole rings is 1. The molecule has 32 heavy (non-hydrogen) atoms. The fourth-order valence-electron chi connectivity index (χ4n) is 4.45. The number of carbonyl (C=O) groups excluding carboxylic acids is 1. The molecule has 1 amide bonds. The van der Waals surface area contributed by atoms with Crippen molar-refractivity contribution in [1.29, 1.82) is 0 Å². The van der Waals surface area contributed by atoms with Crippen molar-refractivity contribution < 1.29 is 14.3 Å². The van der Waals surface area contributed by atoms with Gasteiger partial charge in [0.2, 0.25) is 5.91 Å². The highest BCUT2D eigenvalue weighted by atomic mass is 16.5. The van der Waals surface area contributed by atoms with E-state index in [1.807, 2.05) is 59.5 Å². The molecule has 6 nitrogen and oxygen atoms in total. The van der Waals surface area contributed by atoms with Crippen LogP contribution in [0.3, 0.4) is 0 Å². The van der Waals surface area contributed by atoms with Gasteiger partial charge in [0.05, 0.1) is 30.9 Å². The van der Waals surface area contributed by atoms with Crippen LogP contribution in [0, 0.1) is 0 Å². The fourth-order valence-corrected chi connectivity index (χ4v) is 4.45. The molecule has 0 bridgehead atoms. The van der Waals surface area contributed by atoms with Crippen LogP contribution in [0.4, 0.5) is 5.69 Å². The zero-order chi connectivity index (χ0) is 22.1. The van der Waals surface area contributed by atoms with E-state index in [1.165, 1.54) is 0 Å². The van der Waals surface area contributed by atoms with Gasteiger partial charge in [0, 0.05) is 25.4 Å². The second-order valence-electron chi connectivity index (χ2n) is 7.97. The van der Waals surface area contributed by atoms with Crippen LogP contribution in [0.2, 0.25) is 0 Å². The number of hydrogen-bond acceptors (Lipinski definition) is 4. The lowest BCUT2D eigenvalue weighted by Crippen LogP contribution is -2.25. The van der Waals surface area contributed by atoms with Crippen LogP contribution in [-0.4, -0.2) is 36.2 Å². The zero-order valence-electron chi connectivity index (χ0n) is 18.2. The van der Waals surface area contributed by atoms with Gasteiger partial charge in [-0.15, -0.1) is 0 Å². The Balaban J connectivity index is 1.51. The number of fused-ring (bicyclic) bond motifs is 1. The minimum atomic E-state index is -0.00180. The first-order valence-electron chi connectivity index (χ1n) is 10.7. The van der Waals surface area contributed by atoms with E-state index in [1.54, 1.807) is 14.2 Å². The van der Waals surface area contributed by atoms with Crippen molar-refractivity contribution in [2.75, 3.05) is 25.7 Å². The third kappa shape index (κ3) is 3.58. The van der Waals surface area contributed by atoms with Crippen molar-refractivity contribution >= 4 is 22.6 Å². The molecule has 162 valence electrons. The molecule has 6 heteroatoms. The molecular weight excluding hydrogens is 402 g/mol. The first-order chi connectivity index (χ1) is 15.7. The van der Waals surface area contributed by atoms with Crippen LogP contribution < -0.4 is 14.4 Å². The molecule has 0 aliphatic carbocycles. The average Bonchev–Trinajstić information content (AvgIpc) is 3.40. The van der Waals surface area contributed by atoms with Crippen molar-refractivity contribution in [3.8, 4) is 11.5 Å². The van der Waals surface area contributed by atoms with E-state index in [0.29, 0.717) is 25.3 Å². The summed E-state index contributed by atoms with van der Waals surface area (Å²) in [5, 5.41) is 0. The van der Waals surface area contributed by atoms with Gasteiger partial charge in [-0.2, -0.15) is 0 Å². The lowest BCUT2D eigenvalue weighted by molar-refractivity contribution is -0.117. The maximum atomic E-state index is 13.0. The van der Waals surface area contributed by atoms with Gasteiger partial charge in [0.1, 0.15) is 17.3 Å². The second kappa shape index (κ2) is 8.38. The van der Waals surface area contributed by atoms with Gasteiger partial charge in [-0.3, -0.25) is 4.79 Å². The number of amides is 1. The molecule has 0 spiro atoms. The highest BCUT2D eigenvalue weighted by Gasteiger charge is 2.35. The first kappa shape index (κ1) is 20.1. The number of carbonyl (C=O) groups is 1. The van der Waals surface area contributed by atoms with Crippen LogP contribution in [0.15, 0.2) is 72.8 Å². The van der Waals surface area contributed by atoms with Gasteiger partial charge in [-0.05, 0) is 42.0 Å². The van der Waals surface area contributed by atoms with Crippen molar-refractivity contribution in [2.24, 2.45) is 0 Å². The third-order valence-electron chi connectivity index (χ3n) is 6.05. The Kier molecular flexibility index (Phi) is 5.27. The summed E-state index contributed by atoms with van der Waals surface area (Å²) in [6.07, 6.45) is 0.421. The summed E-state index contributed by atoms with van der Waals surface area (Å²) < 4.78 is 13.0. The largest absolute Gasteiger partial charge is 0.497 e. The van der Waals surface area contributed by atoms with Crippen LogP contribution in [0.5, 0.6) is 11.5 Å². The molecule has 1 aliphatic rings. The molecule has 1 atom stereocenters. The Morgan fingerprint density at radius 1 is 0.938 bits per heavy atom. The van der Waals surface area contributed by atoms with Crippen molar-refractivity contribution in [1.82, 2.24) is 9.55 Å². The molecule has 1 saturated heterocycles. The lowest BCUT2D eigenvalue weighted by atomic mass is 10.1. The summed E-state index contributed by atoms with van der Waals surface area (Å²) in [4.78, 5) is 19.8. The van der Waals surface area contributed by atoms with Gasteiger partial charge in [-0.1, -0.05) is 36.4 Å². The molecule has 3 aromatic carbocycles. The van der Waals surface area contributed by atoms with Crippen molar-refractivity contribution in [2.45, 2.75) is 18.9 Å². The van der Waals surface area contributed by atoms with Crippen LogP contribution in [0.1, 0.15) is 23.7 Å². The number of aromatic nitrogens is 2. The molecule has 1 aliphatic heterocycles. The number of anilines is 1. The Bertz CT molecular complexity index is 1260. The molecule has 0 radical (unpaired) electrons. The van der Waals surface area contributed by atoms with Crippen molar-refractivity contribution in [3.05, 3.63) is 84.2 Å². The summed E-state index contributed by atoms with van der Waals surface area (Å²) in [5.41, 5.74) is 3.97. The summed E-state index contributed by atoms with van der Waals surface area (Å²) in [6, 6.07) is 23.9. The molecule has 0 saturated carbocycles. The number of benzene rings is 3. The molecule has 1 fully saturated rings. The van der Waals surface area contributed by atoms with Crippen LogP contribution in [0.25, 0.3) is 11.0 Å². The van der Waals surface area contributed by atoms with E-state index in [4.69, 9.17) is 14.5 Å². The summed E-state index contributed by atoms with van der Waals surface area (Å²) in [5.74, 6) is 2.56. The van der Waals surface area contributed by atoms with Gasteiger partial charge in [-0.25, -0.2) is 4.98 Å². The topological polar surface area (TPSA) is 56.6 Å². The molecule has 0 N–H and O–H groups in total. The summed E-state index contributed by atoms with van der Waals surface area (Å²) in [6.45, 7) is 1.25. The quantitative estimate of drug-likeness (QED) is 0.451. The standard InChI is InChI=1S/C26H25N3O3/c1-31-20-13-11-18(12-14-20)16-29-22-8-4-3-7-21(22)27-26(29)19-15-25(30)28(17-19)23-9-5-6-10-24(23)32-2/h3-14,19H,15-17H2,1-2H3/t19-/m1/s1. The lowest BCUT2D eigenvalue weighted by Gasteiger charge is -2.20. The fraction of sp³-hybridized carbons (Fsp3) is 0.231. The number of ether oxygens (including phenoxy) is 2. The number of nitrogens with zero attached hydrogens (tertiary/aromatic N) is 3. The molecular formula is C26H25N3O3. The monoisotopic (exact) mass is 427 g/mol. The first-order valence-corrected chi connectivity index (χ1v) is 10.7. The normalized spacial score (nSPS) is 16.0. The van der Waals surface area contributed by atoms with Crippen LogP contribution >= 0.6 is 0 Å². The van der Waals surface area contributed by atoms with Gasteiger partial charge < -0.3 is 18.9 Å². The number of hydrogen-bond donors (Lipinski definition) is 0. The number of methoxy groups -OCH3 is 2. The van der Waals surface area contributed by atoms with E-state index in [0.717, 1.165) is 33.9 Å². The van der Waals surface area contributed by atoms with E-state index >= 15 is 0 Å². The minimum absolute atomic E-state index is 0.00180. The number of para-hydroxylation sites is 4. The van der Waals surface area contributed by atoms with E-state index in [2.05, 4.69) is 22.8 Å². The molecule has 2 heterocycles. The Morgan fingerprint density at radius 3 is 2.47 bits per heavy atom. The molecule has 4 aromatic rings. The maximum Gasteiger partial charge on any atom is 0.227 e. The Morgan fingerprint density at radius 2 is 1.69 bits per heavy atom. The van der Waals surface area contributed by atoms with E-state index in [-0.39, 0.29) is 11.8 Å². The predicted molar refractivity (Wildman–Crippen MR) is 125 cm³/mol. The average molecular weight is 428 g/mol. The van der Waals surface area contributed by atoms with E-state index < -0.39 is 0 Å². The van der Waals surface area contributed by atoms with Gasteiger partial charge in [0.15, 0.2) is 0 Å². The van der Waals surface area contributed by atoms with Crippen LogP contribution in [-0.2, 0) is 11.3 Å². The number of rotatable bonds is 6. The molecule has 0 unspecified atom stereocenters. The zero-order valence-corrected chi connectivity index (χ0v) is 18.2. The molecule has 5 rings (SSSR count). The van der Waals surface area contributed by atoms with E-state index in [9.17, 15) is 4.79 Å². The highest BCUT2D eigenvalue weighted by molar-refractivity contribution is 5.97. The predicted octanol–water partition coefficient (Wildman–Crippen LogP) is 4.62. The van der Waals surface area contributed by atoms with Gasteiger partial charge >= 0.3 is 0 Å². The second-order valence-corrected chi connectivity index (χ2v) is 7.97. The smallest absolute Gasteiger partial charge is 0.227 e. The SMILES string of the molecule is COc1ccc(Cn2c([C@@H]3CC(=O)N(c4ccccc4OC)C3)nc3ccccc32)cc1. The Labute approximate surface area is 187 Å². The Hall–Kier alpha value is -3.80. The summed E-state index contributed by atoms with van der Waals surface area (Å²) >= 11 is 0. The minimum Gasteiger partial charge on any atom is -0.497 e. The maximum absolute atomic E-state index is 13.0. The third-order valence-corrected chi connectivity index (χ3v) is 6.05. The highest BCUT2D eigenvalue weighted by Crippen LogP contribution is 2.37. The van der Waals surface area contributed by atoms with Crippen molar-refractivity contribution in [3.63, 3.8) is 0 Å². The molecule has 1 aromatic heterocycles. The summed E-state index contributed by atoms with van der Waals surface area (Å²) in [7, 11) is 3.30. The van der Waals surface area contributed by atoms with Gasteiger partial charge in [0.25, 0.3) is 0 Å².